The fraction of sp³-hybridized carbons (Fsp3) is 0.143. The standard InChI is InChI=1S/C14H14N2OS/c1-2-8-16-13(17)10-12(15-14(16)18)9-11-6-4-3-5-7-11/h2-7,10H,1,8-9H2,(H,15,18). The van der Waals surface area contributed by atoms with E-state index in [9.17, 15) is 4.79 Å². The zero-order valence-electron chi connectivity index (χ0n) is 9.93. The molecule has 0 spiro atoms. The zero-order chi connectivity index (χ0) is 13.0. The summed E-state index contributed by atoms with van der Waals surface area (Å²) in [6.07, 6.45) is 2.33. The Morgan fingerprint density at radius 2 is 2.06 bits per heavy atom. The summed E-state index contributed by atoms with van der Waals surface area (Å²) >= 11 is 5.17. The molecule has 4 heteroatoms. The van der Waals surface area contributed by atoms with Gasteiger partial charge in [-0.25, -0.2) is 0 Å². The van der Waals surface area contributed by atoms with Crippen molar-refractivity contribution < 1.29 is 0 Å². The summed E-state index contributed by atoms with van der Waals surface area (Å²) < 4.78 is 1.92. The van der Waals surface area contributed by atoms with Crippen LogP contribution in [0.25, 0.3) is 0 Å². The average Bonchev–Trinajstić information content (AvgIpc) is 2.35. The molecular formula is C14H14N2OS. The number of nitrogens with one attached hydrogen (secondary N) is 1. The second-order valence-electron chi connectivity index (χ2n) is 4.00. The molecule has 0 aliphatic carbocycles. The molecule has 3 nitrogen and oxygen atoms in total. The molecule has 0 fully saturated rings. The first-order valence-electron chi connectivity index (χ1n) is 5.68. The van der Waals surface area contributed by atoms with Gasteiger partial charge in [-0.1, -0.05) is 36.4 Å². The number of hydrogen-bond donors (Lipinski definition) is 1. The second-order valence-corrected chi connectivity index (χ2v) is 4.39. The number of H-pyrrole nitrogens is 1. The van der Waals surface area contributed by atoms with Crippen LogP contribution in [0.4, 0.5) is 0 Å². The summed E-state index contributed by atoms with van der Waals surface area (Å²) in [7, 11) is 0. The van der Waals surface area contributed by atoms with E-state index < -0.39 is 0 Å². The maximum Gasteiger partial charge on any atom is 0.254 e. The van der Waals surface area contributed by atoms with E-state index in [0.29, 0.717) is 17.7 Å². The zero-order valence-corrected chi connectivity index (χ0v) is 10.7. The van der Waals surface area contributed by atoms with Crippen molar-refractivity contribution in [1.29, 1.82) is 0 Å². The van der Waals surface area contributed by atoms with Crippen LogP contribution < -0.4 is 5.56 Å². The van der Waals surface area contributed by atoms with Gasteiger partial charge in [0.25, 0.3) is 5.56 Å². The molecular weight excluding hydrogens is 244 g/mol. The Morgan fingerprint density at radius 3 is 2.67 bits per heavy atom. The first-order chi connectivity index (χ1) is 8.70. The van der Waals surface area contributed by atoms with Crippen molar-refractivity contribution in [2.24, 2.45) is 0 Å². The van der Waals surface area contributed by atoms with Crippen molar-refractivity contribution >= 4 is 12.2 Å². The van der Waals surface area contributed by atoms with Crippen molar-refractivity contribution in [3.8, 4) is 0 Å². The number of aromatic nitrogens is 2. The predicted molar refractivity (Wildman–Crippen MR) is 75.3 cm³/mol. The Labute approximate surface area is 110 Å². The number of rotatable bonds is 4. The molecule has 1 N–H and O–H groups in total. The Bertz CT molecular complexity index is 624. The van der Waals surface area contributed by atoms with Gasteiger partial charge in [-0.3, -0.25) is 9.36 Å². The van der Waals surface area contributed by atoms with E-state index in [1.807, 2.05) is 30.3 Å². The predicted octanol–water partition coefficient (Wildman–Crippen LogP) is 2.68. The van der Waals surface area contributed by atoms with Crippen molar-refractivity contribution in [3.05, 3.63) is 75.4 Å². The van der Waals surface area contributed by atoms with Crippen molar-refractivity contribution in [2.45, 2.75) is 13.0 Å². The van der Waals surface area contributed by atoms with Gasteiger partial charge in [0.05, 0.1) is 0 Å². The van der Waals surface area contributed by atoms with Crippen molar-refractivity contribution in [1.82, 2.24) is 9.55 Å². The molecule has 0 aliphatic heterocycles. The Morgan fingerprint density at radius 1 is 1.33 bits per heavy atom. The third-order valence-electron chi connectivity index (χ3n) is 2.63. The van der Waals surface area contributed by atoms with E-state index in [1.54, 1.807) is 12.1 Å². The maximum absolute atomic E-state index is 11.9. The molecule has 0 amide bonds. The van der Waals surface area contributed by atoms with E-state index in [-0.39, 0.29) is 5.56 Å². The lowest BCUT2D eigenvalue weighted by Gasteiger charge is -2.06. The largest absolute Gasteiger partial charge is 0.335 e. The highest BCUT2D eigenvalue weighted by molar-refractivity contribution is 7.71. The molecule has 0 unspecified atom stereocenters. The van der Waals surface area contributed by atoms with Gasteiger partial charge in [0.2, 0.25) is 0 Å². The second kappa shape index (κ2) is 5.60. The van der Waals surface area contributed by atoms with Crippen LogP contribution >= 0.6 is 12.2 Å². The molecule has 92 valence electrons. The first kappa shape index (κ1) is 12.5. The van der Waals surface area contributed by atoms with Gasteiger partial charge in [0.15, 0.2) is 4.77 Å². The Hall–Kier alpha value is -1.94. The van der Waals surface area contributed by atoms with E-state index in [2.05, 4.69) is 11.6 Å². The molecule has 0 aliphatic rings. The Kier molecular flexibility index (Phi) is 3.89. The molecule has 0 saturated carbocycles. The minimum Gasteiger partial charge on any atom is -0.335 e. The van der Waals surface area contributed by atoms with Gasteiger partial charge in [-0.05, 0) is 17.8 Å². The SMILES string of the molecule is C=CCn1c(=O)cc(Cc2ccccc2)[nH]c1=S. The number of hydrogen-bond acceptors (Lipinski definition) is 2. The number of benzene rings is 1. The van der Waals surface area contributed by atoms with Crippen molar-refractivity contribution in [3.63, 3.8) is 0 Å². The summed E-state index contributed by atoms with van der Waals surface area (Å²) in [4.78, 5) is 14.9. The van der Waals surface area contributed by atoms with Gasteiger partial charge < -0.3 is 4.98 Å². The molecule has 0 saturated heterocycles. The van der Waals surface area contributed by atoms with Crippen molar-refractivity contribution in [2.75, 3.05) is 0 Å². The molecule has 0 bridgehead atoms. The summed E-state index contributed by atoms with van der Waals surface area (Å²) in [5, 5.41) is 0. The number of aromatic amines is 1. The van der Waals surface area contributed by atoms with Crippen LogP contribution in [-0.2, 0) is 13.0 Å². The highest BCUT2D eigenvalue weighted by Gasteiger charge is 2.01. The molecule has 2 rings (SSSR count). The third kappa shape index (κ3) is 2.84. The maximum atomic E-state index is 11.9. The first-order valence-corrected chi connectivity index (χ1v) is 6.09. The summed E-state index contributed by atoms with van der Waals surface area (Å²) in [6, 6.07) is 11.5. The molecule has 0 radical (unpaired) electrons. The summed E-state index contributed by atoms with van der Waals surface area (Å²) in [5.74, 6) is 0. The lowest BCUT2D eigenvalue weighted by molar-refractivity contribution is 0.728. The number of allylic oxidation sites excluding steroid dienone is 1. The van der Waals surface area contributed by atoms with E-state index in [1.165, 1.54) is 4.57 Å². The molecule has 18 heavy (non-hydrogen) atoms. The van der Waals surface area contributed by atoms with E-state index in [4.69, 9.17) is 12.2 Å². The van der Waals surface area contributed by atoms with Crippen LogP contribution in [-0.4, -0.2) is 9.55 Å². The van der Waals surface area contributed by atoms with E-state index >= 15 is 0 Å². The summed E-state index contributed by atoms with van der Waals surface area (Å²) in [6.45, 7) is 4.04. The third-order valence-corrected chi connectivity index (χ3v) is 2.95. The smallest absolute Gasteiger partial charge is 0.254 e. The van der Waals surface area contributed by atoms with Gasteiger partial charge in [0, 0.05) is 24.7 Å². The van der Waals surface area contributed by atoms with Gasteiger partial charge >= 0.3 is 0 Å². The highest BCUT2D eigenvalue weighted by Crippen LogP contribution is 2.05. The Balaban J connectivity index is 2.34. The normalized spacial score (nSPS) is 10.2. The minimum absolute atomic E-state index is 0.0930. The highest BCUT2D eigenvalue weighted by atomic mass is 32.1. The fourth-order valence-electron chi connectivity index (χ4n) is 1.78. The molecule has 0 atom stereocenters. The van der Waals surface area contributed by atoms with E-state index in [0.717, 1.165) is 11.3 Å². The monoisotopic (exact) mass is 258 g/mol. The lowest BCUT2D eigenvalue weighted by Crippen LogP contribution is -2.21. The van der Waals surface area contributed by atoms with Crippen LogP contribution in [0.2, 0.25) is 0 Å². The van der Waals surface area contributed by atoms with Crippen LogP contribution in [0.5, 0.6) is 0 Å². The molecule has 1 aromatic heterocycles. The quantitative estimate of drug-likeness (QED) is 0.676. The molecule has 1 heterocycles. The number of nitrogens with zero attached hydrogens (tertiary/aromatic N) is 1. The topological polar surface area (TPSA) is 37.8 Å². The molecule has 2 aromatic rings. The lowest BCUT2D eigenvalue weighted by atomic mass is 10.1. The van der Waals surface area contributed by atoms with Crippen LogP contribution in [0.1, 0.15) is 11.3 Å². The molecule has 1 aromatic carbocycles. The van der Waals surface area contributed by atoms with Crippen LogP contribution in [0.15, 0.2) is 53.8 Å². The van der Waals surface area contributed by atoms with Crippen LogP contribution in [0.3, 0.4) is 0 Å². The van der Waals surface area contributed by atoms with Crippen LogP contribution in [0, 0.1) is 4.77 Å². The van der Waals surface area contributed by atoms with Gasteiger partial charge in [-0.15, -0.1) is 6.58 Å². The average molecular weight is 258 g/mol. The minimum atomic E-state index is -0.0930. The van der Waals surface area contributed by atoms with Gasteiger partial charge in [-0.2, -0.15) is 0 Å². The summed E-state index contributed by atoms with van der Waals surface area (Å²) in [5.41, 5.74) is 1.88. The fourth-order valence-corrected chi connectivity index (χ4v) is 2.08. The van der Waals surface area contributed by atoms with Gasteiger partial charge in [0.1, 0.15) is 0 Å².